The molecular weight excluding hydrogens is 877 g/mol. The predicted molar refractivity (Wildman–Crippen MR) is 249 cm³/mol. The molecule has 3 aromatic heterocycles. The number of piperazine rings is 1. The molecule has 4 aromatic rings. The van der Waals surface area contributed by atoms with Gasteiger partial charge < -0.3 is 29.7 Å². The predicted octanol–water partition coefficient (Wildman–Crippen LogP) is 2.88. The van der Waals surface area contributed by atoms with Gasteiger partial charge in [-0.1, -0.05) is 25.0 Å². The number of fused-ring (bicyclic) bond motifs is 2. The maximum absolute atomic E-state index is 13.6. The molecule has 0 bridgehead atoms. The van der Waals surface area contributed by atoms with Gasteiger partial charge >= 0.3 is 0 Å². The van der Waals surface area contributed by atoms with Crippen LogP contribution in [0.2, 0.25) is 0 Å². The second-order valence-electron chi connectivity index (χ2n) is 17.4. The van der Waals surface area contributed by atoms with E-state index in [9.17, 15) is 33.6 Å². The number of piperidine rings is 1. The summed E-state index contributed by atoms with van der Waals surface area (Å²) in [6, 6.07) is 7.74. The van der Waals surface area contributed by atoms with Crippen LogP contribution >= 0.6 is 0 Å². The van der Waals surface area contributed by atoms with E-state index < -0.39 is 29.7 Å². The Hall–Kier alpha value is -6.48. The molecular formula is C48H58N10O10. The fraction of sp³-hybridized carbons (Fsp3) is 0.500. The average Bonchev–Trinajstić information content (AvgIpc) is 3.95. The van der Waals surface area contributed by atoms with E-state index >= 15 is 0 Å². The van der Waals surface area contributed by atoms with E-state index in [2.05, 4.69) is 35.7 Å². The second kappa shape index (κ2) is 22.1. The lowest BCUT2D eigenvalue weighted by atomic mass is 9.99. The number of nitrogens with zero attached hydrogens (tertiary/aromatic N) is 7. The number of nitrogens with one attached hydrogen (secondary N) is 3. The maximum atomic E-state index is 13.6. The molecule has 5 amide bonds. The van der Waals surface area contributed by atoms with Crippen molar-refractivity contribution >= 4 is 63.8 Å². The third-order valence-electron chi connectivity index (χ3n) is 13.0. The molecule has 8 rings (SSSR count). The first-order valence-electron chi connectivity index (χ1n) is 23.4. The summed E-state index contributed by atoms with van der Waals surface area (Å²) in [5.74, 6) is -1.85. The summed E-state index contributed by atoms with van der Waals surface area (Å²) in [4.78, 5) is 108. The molecule has 68 heavy (non-hydrogen) atoms. The Balaban J connectivity index is 0.664. The SMILES string of the molecule is CC(=O)c1c(C)c2cnc(Nc3ccc(N4CCN(CCOCCOCCOCCNC(=O)CCc5cccc6c5C(=O)N(C5CCC(=O)NC5=O)C6=O)CC4)cn3)nc2n(C2CCCC2)c1=O. The third-order valence-corrected chi connectivity index (χ3v) is 13.0. The van der Waals surface area contributed by atoms with Gasteiger partial charge in [0.2, 0.25) is 23.7 Å². The molecule has 1 saturated carbocycles. The first-order chi connectivity index (χ1) is 33.0. The van der Waals surface area contributed by atoms with Gasteiger partial charge in [0.15, 0.2) is 5.78 Å². The van der Waals surface area contributed by atoms with Crippen molar-refractivity contribution in [2.24, 2.45) is 0 Å². The number of Topliss-reactive ketones (excluding diaryl/α,β-unsaturated/α-hetero) is 1. The van der Waals surface area contributed by atoms with Gasteiger partial charge in [0.1, 0.15) is 17.5 Å². The van der Waals surface area contributed by atoms with Crippen molar-refractivity contribution in [3.05, 3.63) is 80.9 Å². The first kappa shape index (κ1) is 48.0. The normalized spacial score (nSPS) is 17.8. The zero-order valence-electron chi connectivity index (χ0n) is 38.6. The van der Waals surface area contributed by atoms with Gasteiger partial charge in [-0.2, -0.15) is 4.98 Å². The van der Waals surface area contributed by atoms with Crippen molar-refractivity contribution in [1.82, 2.24) is 40.0 Å². The molecule has 3 fully saturated rings. The van der Waals surface area contributed by atoms with Gasteiger partial charge in [0.25, 0.3) is 17.4 Å². The Labute approximate surface area is 393 Å². The van der Waals surface area contributed by atoms with Crippen molar-refractivity contribution in [3.8, 4) is 0 Å². The number of ketones is 1. The number of aryl methyl sites for hydroxylation is 2. The highest BCUT2D eigenvalue weighted by Crippen LogP contribution is 2.33. The number of ether oxygens (including phenoxy) is 3. The van der Waals surface area contributed by atoms with Crippen LogP contribution in [0.5, 0.6) is 0 Å². The second-order valence-corrected chi connectivity index (χ2v) is 17.4. The van der Waals surface area contributed by atoms with Crippen LogP contribution in [0.25, 0.3) is 11.0 Å². The van der Waals surface area contributed by atoms with Crippen molar-refractivity contribution < 1.29 is 43.0 Å². The minimum atomic E-state index is -1.05. The molecule has 1 unspecified atom stereocenters. The van der Waals surface area contributed by atoms with Crippen LogP contribution in [0.3, 0.4) is 0 Å². The van der Waals surface area contributed by atoms with Crippen LogP contribution < -0.4 is 26.4 Å². The van der Waals surface area contributed by atoms with E-state index in [0.29, 0.717) is 80.1 Å². The number of benzene rings is 1. The molecule has 20 nitrogen and oxygen atoms in total. The standard InChI is InChI=1S/C48H58N10O10/c1-30-36-29-51-48(54-43(36)57(33-7-3-4-8-33)46(64)41(30)31(2)59)52-38-13-11-34(28-50-38)56-19-17-55(18-20-56)21-23-67-25-27-68-26-24-66-22-16-49-39(60)14-10-32-6-5-9-35-42(32)47(65)58(45(35)63)37-12-15-40(61)53-44(37)62/h5-6,9,11,13,28-29,33,37H,3-4,7-8,10,12,14-27H2,1-2H3,(H,49,60)(H,53,61,62)(H,50,51,52,54). The first-order valence-corrected chi connectivity index (χ1v) is 23.4. The molecule has 3 aliphatic heterocycles. The lowest BCUT2D eigenvalue weighted by Crippen LogP contribution is -2.54. The molecule has 3 N–H and O–H groups in total. The Kier molecular flexibility index (Phi) is 15.6. The molecule has 360 valence electrons. The van der Waals surface area contributed by atoms with E-state index in [1.165, 1.54) is 13.0 Å². The fourth-order valence-electron chi connectivity index (χ4n) is 9.43. The van der Waals surface area contributed by atoms with Crippen LogP contribution in [0.4, 0.5) is 17.5 Å². The van der Waals surface area contributed by atoms with Gasteiger partial charge in [-0.15, -0.1) is 0 Å². The van der Waals surface area contributed by atoms with Crippen LogP contribution in [0, 0.1) is 6.92 Å². The zero-order valence-corrected chi connectivity index (χ0v) is 38.6. The van der Waals surface area contributed by atoms with E-state index in [-0.39, 0.29) is 65.7 Å². The van der Waals surface area contributed by atoms with Gasteiger partial charge in [-0.05, 0) is 68.9 Å². The van der Waals surface area contributed by atoms with Gasteiger partial charge in [-0.3, -0.25) is 53.2 Å². The van der Waals surface area contributed by atoms with Crippen LogP contribution in [-0.4, -0.2) is 150 Å². The summed E-state index contributed by atoms with van der Waals surface area (Å²) in [7, 11) is 0. The van der Waals surface area contributed by atoms with E-state index in [1.54, 1.807) is 29.8 Å². The van der Waals surface area contributed by atoms with Crippen LogP contribution in [0.15, 0.2) is 47.5 Å². The number of hydrogen-bond acceptors (Lipinski definition) is 16. The van der Waals surface area contributed by atoms with Gasteiger partial charge in [0, 0.05) is 69.7 Å². The van der Waals surface area contributed by atoms with Gasteiger partial charge in [0.05, 0.1) is 68.2 Å². The monoisotopic (exact) mass is 934 g/mol. The molecule has 0 radical (unpaired) electrons. The lowest BCUT2D eigenvalue weighted by Gasteiger charge is -2.35. The van der Waals surface area contributed by atoms with Crippen molar-refractivity contribution in [3.63, 3.8) is 0 Å². The highest BCUT2D eigenvalue weighted by molar-refractivity contribution is 6.24. The molecule has 2 saturated heterocycles. The number of rotatable bonds is 21. The van der Waals surface area contributed by atoms with Crippen LogP contribution in [-0.2, 0) is 35.0 Å². The Morgan fingerprint density at radius 1 is 0.838 bits per heavy atom. The lowest BCUT2D eigenvalue weighted by molar-refractivity contribution is -0.136. The summed E-state index contributed by atoms with van der Waals surface area (Å²) in [6.07, 6.45) is 7.76. The number of pyridine rings is 2. The number of carbonyl (C=O) groups excluding carboxylic acids is 6. The highest BCUT2D eigenvalue weighted by Gasteiger charge is 2.45. The number of imide groups is 2. The highest BCUT2D eigenvalue weighted by atomic mass is 16.5. The number of aromatic nitrogens is 4. The van der Waals surface area contributed by atoms with Crippen molar-refractivity contribution in [2.45, 2.75) is 77.3 Å². The Morgan fingerprint density at radius 3 is 2.28 bits per heavy atom. The quantitative estimate of drug-likeness (QED) is 0.0619. The number of hydrogen-bond donors (Lipinski definition) is 3. The molecule has 4 aliphatic rings. The Morgan fingerprint density at radius 2 is 1.57 bits per heavy atom. The maximum Gasteiger partial charge on any atom is 0.263 e. The molecule has 20 heteroatoms. The largest absolute Gasteiger partial charge is 0.378 e. The van der Waals surface area contributed by atoms with Crippen molar-refractivity contribution in [1.29, 1.82) is 0 Å². The number of carbonyl (C=O) groups is 6. The topological polar surface area (TPSA) is 237 Å². The van der Waals surface area contributed by atoms with Crippen molar-refractivity contribution in [2.75, 3.05) is 89.1 Å². The molecule has 1 atom stereocenters. The third kappa shape index (κ3) is 10.9. The summed E-state index contributed by atoms with van der Waals surface area (Å²) in [6.45, 7) is 10.3. The molecule has 1 aromatic carbocycles. The summed E-state index contributed by atoms with van der Waals surface area (Å²) < 4.78 is 18.7. The molecule has 0 spiro atoms. The summed E-state index contributed by atoms with van der Waals surface area (Å²) >= 11 is 0. The fourth-order valence-corrected chi connectivity index (χ4v) is 9.43. The van der Waals surface area contributed by atoms with E-state index in [1.807, 2.05) is 18.3 Å². The minimum Gasteiger partial charge on any atom is -0.378 e. The smallest absolute Gasteiger partial charge is 0.263 e. The summed E-state index contributed by atoms with van der Waals surface area (Å²) in [5.41, 5.74) is 3.01. The average molecular weight is 935 g/mol. The zero-order chi connectivity index (χ0) is 47.7. The summed E-state index contributed by atoms with van der Waals surface area (Å²) in [5, 5.41) is 8.89. The molecule has 1 aliphatic carbocycles. The van der Waals surface area contributed by atoms with Gasteiger partial charge in [-0.25, -0.2) is 9.97 Å². The van der Waals surface area contributed by atoms with Crippen LogP contribution in [0.1, 0.15) is 100 Å². The van der Waals surface area contributed by atoms with E-state index in [0.717, 1.165) is 69.0 Å². The number of amides is 5. The Bertz CT molecular complexity index is 2610. The van der Waals surface area contributed by atoms with E-state index in [4.69, 9.17) is 19.2 Å². The number of anilines is 3. The molecule has 6 heterocycles. The minimum absolute atomic E-state index is 0.00135.